The summed E-state index contributed by atoms with van der Waals surface area (Å²) in [7, 11) is 0. The van der Waals surface area contributed by atoms with Crippen molar-refractivity contribution < 1.29 is 0 Å². The number of rotatable bonds is 3. The molecule has 0 aliphatic heterocycles. The Balaban J connectivity index is 2.92. The first-order chi connectivity index (χ1) is 6.10. The first-order valence-corrected chi connectivity index (χ1v) is 5.29. The lowest BCUT2D eigenvalue weighted by Crippen LogP contribution is -2.18. The van der Waals surface area contributed by atoms with Crippen molar-refractivity contribution in [1.29, 1.82) is 0 Å². The summed E-state index contributed by atoms with van der Waals surface area (Å²) in [5.74, 6) is 0.665. The largest absolute Gasteiger partial charge is 0.126 e. The molecule has 0 amide bonds. The number of benzene rings is 1. The van der Waals surface area contributed by atoms with Crippen molar-refractivity contribution in [2.45, 2.75) is 32.6 Å². The van der Waals surface area contributed by atoms with Crippen LogP contribution in [0.5, 0.6) is 0 Å². The maximum atomic E-state index is 5.90. The molecule has 1 aromatic carbocycles. The van der Waals surface area contributed by atoms with Gasteiger partial charge in [0, 0.05) is 11.3 Å². The second-order valence-electron chi connectivity index (χ2n) is 4.07. The lowest BCUT2D eigenvalue weighted by atomic mass is 9.86. The Morgan fingerprint density at radius 2 is 1.69 bits per heavy atom. The summed E-state index contributed by atoms with van der Waals surface area (Å²) in [6, 6.07) is 8.73. The van der Waals surface area contributed by atoms with Crippen LogP contribution in [0.3, 0.4) is 0 Å². The zero-order valence-corrected chi connectivity index (χ0v) is 9.36. The van der Waals surface area contributed by atoms with Gasteiger partial charge in [-0.2, -0.15) is 0 Å². The molecule has 0 aliphatic carbocycles. The molecule has 1 rings (SSSR count). The first kappa shape index (κ1) is 10.6. The van der Waals surface area contributed by atoms with E-state index in [2.05, 4.69) is 45.0 Å². The fourth-order valence-electron chi connectivity index (χ4n) is 1.27. The van der Waals surface area contributed by atoms with Crippen LogP contribution in [0, 0.1) is 0 Å². The molecule has 0 heterocycles. The van der Waals surface area contributed by atoms with Crippen LogP contribution in [0.15, 0.2) is 24.3 Å². The van der Waals surface area contributed by atoms with Crippen LogP contribution >= 0.6 is 11.6 Å². The molecule has 0 aliphatic rings. The van der Waals surface area contributed by atoms with Crippen LogP contribution in [-0.2, 0) is 11.8 Å². The minimum Gasteiger partial charge on any atom is -0.126 e. The quantitative estimate of drug-likeness (QED) is 0.646. The lowest BCUT2D eigenvalue weighted by molar-refractivity contribution is 0.598. The fraction of sp³-hybridized carbons (Fsp3) is 0.500. The standard InChI is InChI=1S/C12H17Cl/c1-4-10-5-7-11(8-6-10)12(2,3)9-13/h5-8H,4,9H2,1-3H3. The molecule has 0 fully saturated rings. The van der Waals surface area contributed by atoms with Crippen LogP contribution in [0.4, 0.5) is 0 Å². The Morgan fingerprint density at radius 1 is 1.15 bits per heavy atom. The molecule has 1 aromatic rings. The monoisotopic (exact) mass is 196 g/mol. The van der Waals surface area contributed by atoms with Gasteiger partial charge in [-0.15, -0.1) is 11.6 Å². The minimum atomic E-state index is 0.0911. The van der Waals surface area contributed by atoms with E-state index in [1.807, 2.05) is 0 Å². The zero-order chi connectivity index (χ0) is 9.90. The maximum Gasteiger partial charge on any atom is 0.0315 e. The van der Waals surface area contributed by atoms with Crippen molar-refractivity contribution >= 4 is 11.6 Å². The van der Waals surface area contributed by atoms with Gasteiger partial charge < -0.3 is 0 Å². The fourth-order valence-corrected chi connectivity index (χ4v) is 1.42. The highest BCUT2D eigenvalue weighted by Gasteiger charge is 2.18. The Labute approximate surface area is 85.9 Å². The van der Waals surface area contributed by atoms with Gasteiger partial charge in [0.2, 0.25) is 0 Å². The van der Waals surface area contributed by atoms with E-state index in [0.29, 0.717) is 5.88 Å². The molecule has 0 saturated heterocycles. The second kappa shape index (κ2) is 4.15. The van der Waals surface area contributed by atoms with Gasteiger partial charge in [-0.25, -0.2) is 0 Å². The third-order valence-corrected chi connectivity index (χ3v) is 3.15. The molecule has 0 atom stereocenters. The van der Waals surface area contributed by atoms with E-state index in [4.69, 9.17) is 11.6 Å². The smallest absolute Gasteiger partial charge is 0.0315 e. The van der Waals surface area contributed by atoms with E-state index in [9.17, 15) is 0 Å². The predicted molar refractivity (Wildman–Crippen MR) is 59.6 cm³/mol. The third kappa shape index (κ3) is 2.47. The predicted octanol–water partition coefficient (Wildman–Crippen LogP) is 3.77. The van der Waals surface area contributed by atoms with Gasteiger partial charge in [0.1, 0.15) is 0 Å². The second-order valence-corrected chi connectivity index (χ2v) is 4.34. The summed E-state index contributed by atoms with van der Waals surface area (Å²) in [5, 5.41) is 0. The van der Waals surface area contributed by atoms with Crippen molar-refractivity contribution in [3.63, 3.8) is 0 Å². The molecule has 0 unspecified atom stereocenters. The SMILES string of the molecule is CCc1ccc(C(C)(C)CCl)cc1. The van der Waals surface area contributed by atoms with Crippen LogP contribution < -0.4 is 0 Å². The topological polar surface area (TPSA) is 0 Å². The van der Waals surface area contributed by atoms with E-state index in [0.717, 1.165) is 6.42 Å². The molecular weight excluding hydrogens is 180 g/mol. The van der Waals surface area contributed by atoms with Gasteiger partial charge in [-0.3, -0.25) is 0 Å². The highest BCUT2D eigenvalue weighted by atomic mass is 35.5. The first-order valence-electron chi connectivity index (χ1n) is 4.75. The van der Waals surface area contributed by atoms with Crippen LogP contribution in [-0.4, -0.2) is 5.88 Å². The zero-order valence-electron chi connectivity index (χ0n) is 8.60. The molecule has 0 radical (unpaired) electrons. The Kier molecular flexibility index (Phi) is 3.38. The molecule has 0 saturated carbocycles. The number of hydrogen-bond donors (Lipinski definition) is 0. The van der Waals surface area contributed by atoms with Gasteiger partial charge in [0.05, 0.1) is 0 Å². The average Bonchev–Trinajstić information content (AvgIpc) is 2.18. The Morgan fingerprint density at radius 3 is 2.08 bits per heavy atom. The number of hydrogen-bond acceptors (Lipinski definition) is 0. The van der Waals surface area contributed by atoms with Gasteiger partial charge in [-0.1, -0.05) is 45.0 Å². The van der Waals surface area contributed by atoms with Gasteiger partial charge in [0.15, 0.2) is 0 Å². The van der Waals surface area contributed by atoms with E-state index < -0.39 is 0 Å². The molecular formula is C12H17Cl. The molecule has 0 nitrogen and oxygen atoms in total. The van der Waals surface area contributed by atoms with E-state index in [1.54, 1.807) is 0 Å². The molecule has 0 bridgehead atoms. The van der Waals surface area contributed by atoms with Crippen LogP contribution in [0.25, 0.3) is 0 Å². The lowest BCUT2D eigenvalue weighted by Gasteiger charge is -2.22. The summed E-state index contributed by atoms with van der Waals surface area (Å²) in [4.78, 5) is 0. The van der Waals surface area contributed by atoms with Crippen molar-refractivity contribution in [3.8, 4) is 0 Å². The third-order valence-electron chi connectivity index (χ3n) is 2.48. The van der Waals surface area contributed by atoms with Crippen molar-refractivity contribution in [1.82, 2.24) is 0 Å². The summed E-state index contributed by atoms with van der Waals surface area (Å²) in [6.45, 7) is 6.50. The molecule has 0 N–H and O–H groups in total. The van der Waals surface area contributed by atoms with E-state index in [1.165, 1.54) is 11.1 Å². The number of halogens is 1. The van der Waals surface area contributed by atoms with Crippen molar-refractivity contribution in [2.24, 2.45) is 0 Å². The Bertz CT molecular complexity index is 259. The van der Waals surface area contributed by atoms with E-state index in [-0.39, 0.29) is 5.41 Å². The van der Waals surface area contributed by atoms with Crippen LogP contribution in [0.1, 0.15) is 31.9 Å². The molecule has 0 spiro atoms. The molecule has 72 valence electrons. The summed E-state index contributed by atoms with van der Waals surface area (Å²) < 4.78 is 0. The van der Waals surface area contributed by atoms with Crippen LogP contribution in [0.2, 0.25) is 0 Å². The molecule has 13 heavy (non-hydrogen) atoms. The summed E-state index contributed by atoms with van der Waals surface area (Å²) in [5.41, 5.74) is 2.79. The average molecular weight is 197 g/mol. The maximum absolute atomic E-state index is 5.90. The van der Waals surface area contributed by atoms with Gasteiger partial charge >= 0.3 is 0 Å². The molecule has 0 aromatic heterocycles. The number of aryl methyl sites for hydroxylation is 1. The van der Waals surface area contributed by atoms with E-state index >= 15 is 0 Å². The Hall–Kier alpha value is -0.490. The number of alkyl halides is 1. The highest BCUT2D eigenvalue weighted by Crippen LogP contribution is 2.24. The summed E-state index contributed by atoms with van der Waals surface area (Å²) >= 11 is 5.90. The van der Waals surface area contributed by atoms with Crippen molar-refractivity contribution in [3.05, 3.63) is 35.4 Å². The highest BCUT2D eigenvalue weighted by molar-refractivity contribution is 6.18. The van der Waals surface area contributed by atoms with Crippen molar-refractivity contribution in [2.75, 3.05) is 5.88 Å². The minimum absolute atomic E-state index is 0.0911. The normalized spacial score (nSPS) is 11.7. The molecule has 1 heteroatoms. The summed E-state index contributed by atoms with van der Waals surface area (Å²) in [6.07, 6.45) is 1.10. The van der Waals surface area contributed by atoms with Gasteiger partial charge in [0.25, 0.3) is 0 Å². The van der Waals surface area contributed by atoms with Gasteiger partial charge in [-0.05, 0) is 17.5 Å².